The van der Waals surface area contributed by atoms with Crippen molar-refractivity contribution in [1.82, 2.24) is 4.90 Å². The molecule has 0 bridgehead atoms. The number of amides is 1. The van der Waals surface area contributed by atoms with Crippen LogP contribution in [-0.2, 0) is 0 Å². The summed E-state index contributed by atoms with van der Waals surface area (Å²) >= 11 is 1.47. The van der Waals surface area contributed by atoms with Gasteiger partial charge in [-0.2, -0.15) is 0 Å². The summed E-state index contributed by atoms with van der Waals surface area (Å²) in [5, 5.41) is 1.91. The number of carbonyl (C=O) groups excluding carboxylic acids is 1. The van der Waals surface area contributed by atoms with E-state index in [-0.39, 0.29) is 23.7 Å². The van der Waals surface area contributed by atoms with E-state index in [9.17, 15) is 4.79 Å². The number of hydrogen-bond acceptors (Lipinski definition) is 3. The van der Waals surface area contributed by atoms with E-state index in [2.05, 4.69) is 13.8 Å². The molecule has 0 unspecified atom stereocenters. The highest BCUT2D eigenvalue weighted by atomic mass is 35.5. The summed E-state index contributed by atoms with van der Waals surface area (Å²) in [7, 11) is 1.82. The van der Waals surface area contributed by atoms with Gasteiger partial charge in [-0.1, -0.05) is 19.9 Å². The highest BCUT2D eigenvalue weighted by Gasteiger charge is 2.22. The molecule has 1 aromatic rings. The number of nitrogens with zero attached hydrogens (tertiary/aromatic N) is 1. The van der Waals surface area contributed by atoms with E-state index in [0.717, 1.165) is 4.88 Å². The summed E-state index contributed by atoms with van der Waals surface area (Å²) in [5.74, 6) is 0.0755. The van der Waals surface area contributed by atoms with Crippen molar-refractivity contribution >= 4 is 29.7 Å². The summed E-state index contributed by atoms with van der Waals surface area (Å²) in [6.07, 6.45) is 0. The Labute approximate surface area is 107 Å². The normalized spacial score (nSPS) is 10.8. The first-order chi connectivity index (χ1) is 6.96. The van der Waals surface area contributed by atoms with Crippen molar-refractivity contribution in [2.24, 2.45) is 11.1 Å². The first kappa shape index (κ1) is 15.4. The van der Waals surface area contributed by atoms with Gasteiger partial charge in [0.15, 0.2) is 0 Å². The summed E-state index contributed by atoms with van der Waals surface area (Å²) in [6.45, 7) is 5.38. The van der Waals surface area contributed by atoms with Crippen LogP contribution in [-0.4, -0.2) is 30.9 Å². The Balaban J connectivity index is 0.00000225. The minimum absolute atomic E-state index is 0. The van der Waals surface area contributed by atoms with Crippen LogP contribution in [0.1, 0.15) is 23.5 Å². The number of rotatable bonds is 4. The Morgan fingerprint density at radius 2 is 2.19 bits per heavy atom. The predicted molar refractivity (Wildman–Crippen MR) is 71.4 cm³/mol. The number of halogens is 1. The van der Waals surface area contributed by atoms with Gasteiger partial charge >= 0.3 is 0 Å². The molecule has 3 nitrogen and oxygen atoms in total. The average molecular weight is 263 g/mol. The lowest BCUT2D eigenvalue weighted by molar-refractivity contribution is 0.0745. The van der Waals surface area contributed by atoms with Crippen LogP contribution in [0, 0.1) is 5.41 Å². The smallest absolute Gasteiger partial charge is 0.263 e. The molecule has 92 valence electrons. The fourth-order valence-corrected chi connectivity index (χ4v) is 2.08. The summed E-state index contributed by atoms with van der Waals surface area (Å²) in [6, 6.07) is 3.73. The van der Waals surface area contributed by atoms with E-state index >= 15 is 0 Å². The number of thiophene rings is 1. The number of carbonyl (C=O) groups is 1. The van der Waals surface area contributed by atoms with E-state index in [4.69, 9.17) is 5.73 Å². The van der Waals surface area contributed by atoms with Gasteiger partial charge in [0.05, 0.1) is 4.88 Å². The molecule has 1 heterocycles. The summed E-state index contributed by atoms with van der Waals surface area (Å²) in [4.78, 5) is 14.4. The third-order valence-electron chi connectivity index (χ3n) is 2.30. The van der Waals surface area contributed by atoms with Crippen LogP contribution in [0.25, 0.3) is 0 Å². The molecule has 16 heavy (non-hydrogen) atoms. The molecule has 0 radical (unpaired) electrons. The monoisotopic (exact) mass is 262 g/mol. The SMILES string of the molecule is CN(CC(C)(C)CN)C(=O)c1cccs1.Cl. The molecule has 0 saturated heterocycles. The third-order valence-corrected chi connectivity index (χ3v) is 3.15. The van der Waals surface area contributed by atoms with Crippen LogP contribution >= 0.6 is 23.7 Å². The fraction of sp³-hybridized carbons (Fsp3) is 0.545. The zero-order valence-electron chi connectivity index (χ0n) is 9.90. The van der Waals surface area contributed by atoms with Crippen LogP contribution in [0.5, 0.6) is 0 Å². The Morgan fingerprint density at radius 3 is 2.62 bits per heavy atom. The maximum atomic E-state index is 11.9. The van der Waals surface area contributed by atoms with E-state index in [0.29, 0.717) is 13.1 Å². The molecule has 0 aliphatic rings. The molecule has 0 aliphatic carbocycles. The fourth-order valence-electron chi connectivity index (χ4n) is 1.37. The van der Waals surface area contributed by atoms with Crippen LogP contribution in [0.3, 0.4) is 0 Å². The molecule has 1 rings (SSSR count). The lowest BCUT2D eigenvalue weighted by Gasteiger charge is -2.28. The van der Waals surface area contributed by atoms with Crippen LogP contribution in [0.4, 0.5) is 0 Å². The Bertz CT molecular complexity index is 325. The van der Waals surface area contributed by atoms with Gasteiger partial charge in [0, 0.05) is 13.6 Å². The van der Waals surface area contributed by atoms with Gasteiger partial charge in [0.1, 0.15) is 0 Å². The lowest BCUT2D eigenvalue weighted by Crippen LogP contribution is -2.39. The second-order valence-electron chi connectivity index (χ2n) is 4.51. The quantitative estimate of drug-likeness (QED) is 0.905. The largest absolute Gasteiger partial charge is 0.340 e. The zero-order valence-corrected chi connectivity index (χ0v) is 11.5. The molecule has 0 fully saturated rings. The first-order valence-corrected chi connectivity index (χ1v) is 5.83. The number of nitrogens with two attached hydrogens (primary N) is 1. The standard InChI is InChI=1S/C11H18N2OS.ClH/c1-11(2,7-12)8-13(3)10(14)9-5-4-6-15-9;/h4-6H,7-8,12H2,1-3H3;1H. The molecule has 0 spiro atoms. The predicted octanol–water partition coefficient (Wildman–Crippen LogP) is 2.23. The maximum absolute atomic E-state index is 11.9. The molecule has 0 saturated carbocycles. The lowest BCUT2D eigenvalue weighted by atomic mass is 9.93. The van der Waals surface area contributed by atoms with E-state index in [1.807, 2.05) is 24.6 Å². The van der Waals surface area contributed by atoms with Crippen molar-refractivity contribution in [3.05, 3.63) is 22.4 Å². The molecular weight excluding hydrogens is 244 g/mol. The van der Waals surface area contributed by atoms with Gasteiger partial charge in [0.25, 0.3) is 5.91 Å². The molecule has 2 N–H and O–H groups in total. The summed E-state index contributed by atoms with van der Waals surface area (Å²) in [5.41, 5.74) is 5.61. The topological polar surface area (TPSA) is 46.3 Å². The molecular formula is C11H19ClN2OS. The van der Waals surface area contributed by atoms with Crippen LogP contribution in [0.2, 0.25) is 0 Å². The van der Waals surface area contributed by atoms with Crippen molar-refractivity contribution in [3.63, 3.8) is 0 Å². The van der Waals surface area contributed by atoms with Crippen LogP contribution < -0.4 is 5.73 Å². The van der Waals surface area contributed by atoms with Crippen LogP contribution in [0.15, 0.2) is 17.5 Å². The minimum Gasteiger partial charge on any atom is -0.340 e. The molecule has 5 heteroatoms. The second-order valence-corrected chi connectivity index (χ2v) is 5.45. The Kier molecular flexibility index (Phi) is 6.00. The molecule has 1 aromatic heterocycles. The summed E-state index contributed by atoms with van der Waals surface area (Å²) < 4.78 is 0. The highest BCUT2D eigenvalue weighted by Crippen LogP contribution is 2.17. The number of hydrogen-bond donors (Lipinski definition) is 1. The van der Waals surface area contributed by atoms with Gasteiger partial charge < -0.3 is 10.6 Å². The average Bonchev–Trinajstić information content (AvgIpc) is 2.68. The minimum atomic E-state index is -0.0261. The van der Waals surface area contributed by atoms with Crippen molar-refractivity contribution < 1.29 is 4.79 Å². The van der Waals surface area contributed by atoms with Gasteiger partial charge in [0.2, 0.25) is 0 Å². The first-order valence-electron chi connectivity index (χ1n) is 4.95. The molecule has 1 amide bonds. The molecule has 0 aliphatic heterocycles. The zero-order chi connectivity index (χ0) is 11.5. The van der Waals surface area contributed by atoms with Crippen molar-refractivity contribution in [3.8, 4) is 0 Å². The van der Waals surface area contributed by atoms with E-state index in [1.54, 1.807) is 4.90 Å². The van der Waals surface area contributed by atoms with Crippen molar-refractivity contribution in [2.45, 2.75) is 13.8 Å². The Hall–Kier alpha value is -0.580. The molecule has 0 aromatic carbocycles. The van der Waals surface area contributed by atoms with Gasteiger partial charge in [-0.25, -0.2) is 0 Å². The van der Waals surface area contributed by atoms with Gasteiger partial charge in [-0.05, 0) is 23.4 Å². The Morgan fingerprint density at radius 1 is 1.56 bits per heavy atom. The van der Waals surface area contributed by atoms with Gasteiger partial charge in [-0.15, -0.1) is 23.7 Å². The maximum Gasteiger partial charge on any atom is 0.263 e. The molecule has 0 atom stereocenters. The second kappa shape index (κ2) is 6.23. The van der Waals surface area contributed by atoms with Gasteiger partial charge in [-0.3, -0.25) is 4.79 Å². The van der Waals surface area contributed by atoms with Crippen molar-refractivity contribution in [1.29, 1.82) is 0 Å². The van der Waals surface area contributed by atoms with E-state index in [1.165, 1.54) is 11.3 Å². The van der Waals surface area contributed by atoms with E-state index < -0.39 is 0 Å². The van der Waals surface area contributed by atoms with Crippen molar-refractivity contribution in [2.75, 3.05) is 20.1 Å². The third kappa shape index (κ3) is 4.12. The highest BCUT2D eigenvalue weighted by molar-refractivity contribution is 7.12.